The highest BCUT2D eigenvalue weighted by Gasteiger charge is 2.45. The fourth-order valence-electron chi connectivity index (χ4n) is 3.95. The van der Waals surface area contributed by atoms with Crippen molar-refractivity contribution in [3.05, 3.63) is 101 Å². The topological polar surface area (TPSA) is 97.0 Å². The van der Waals surface area contributed by atoms with Crippen LogP contribution in [-0.2, 0) is 20.7 Å². The van der Waals surface area contributed by atoms with Crippen LogP contribution < -0.4 is 4.90 Å². The lowest BCUT2D eigenvalue weighted by Crippen LogP contribution is -2.31. The van der Waals surface area contributed by atoms with Gasteiger partial charge >= 0.3 is 5.97 Å². The Morgan fingerprint density at radius 1 is 1.09 bits per heavy atom. The van der Waals surface area contributed by atoms with Gasteiger partial charge in [-0.1, -0.05) is 42.0 Å². The van der Waals surface area contributed by atoms with Gasteiger partial charge in [-0.25, -0.2) is 0 Å². The summed E-state index contributed by atoms with van der Waals surface area (Å²) in [5.41, 5.74) is 2.78. The smallest absolute Gasteiger partial charge is 0.310 e. The van der Waals surface area contributed by atoms with Gasteiger partial charge in [0.1, 0.15) is 0 Å². The lowest BCUT2D eigenvalue weighted by Gasteiger charge is -2.27. The maximum Gasteiger partial charge on any atom is 0.310 e. The Morgan fingerprint density at radius 2 is 1.85 bits per heavy atom. The molecule has 3 aromatic rings. The number of furan rings is 1. The molecule has 7 nitrogen and oxygen atoms in total. The molecule has 168 valence electrons. The van der Waals surface area contributed by atoms with Gasteiger partial charge < -0.3 is 14.3 Å². The van der Waals surface area contributed by atoms with Crippen molar-refractivity contribution in [3.8, 4) is 0 Å². The molecule has 0 aliphatic carbocycles. The van der Waals surface area contributed by atoms with Gasteiger partial charge in [0.2, 0.25) is 5.78 Å². The molecule has 0 saturated heterocycles. The number of amides is 1. The van der Waals surface area contributed by atoms with Gasteiger partial charge in [-0.3, -0.25) is 19.3 Å². The largest absolute Gasteiger partial charge is 0.503 e. The highest BCUT2D eigenvalue weighted by molar-refractivity contribution is 6.20. The summed E-state index contributed by atoms with van der Waals surface area (Å²) in [7, 11) is 0. The van der Waals surface area contributed by atoms with Gasteiger partial charge in [-0.05, 0) is 49.2 Å². The van der Waals surface area contributed by atoms with Crippen LogP contribution in [0, 0.1) is 6.92 Å². The first-order chi connectivity index (χ1) is 15.9. The molecule has 1 N–H and O–H groups in total. The van der Waals surface area contributed by atoms with Crippen LogP contribution in [0.15, 0.2) is 82.7 Å². The first kappa shape index (κ1) is 22.1. The number of aryl methyl sites for hydroxylation is 1. The van der Waals surface area contributed by atoms with Crippen molar-refractivity contribution < 1.29 is 28.6 Å². The number of rotatable bonds is 7. The zero-order valence-corrected chi connectivity index (χ0v) is 18.3. The lowest BCUT2D eigenvalue weighted by atomic mass is 9.94. The van der Waals surface area contributed by atoms with E-state index in [1.807, 2.05) is 25.1 Å². The van der Waals surface area contributed by atoms with Crippen LogP contribution in [0.3, 0.4) is 0 Å². The fraction of sp³-hybridized carbons (Fsp3) is 0.192. The Balaban J connectivity index is 1.75. The number of carbonyl (C=O) groups is 3. The van der Waals surface area contributed by atoms with E-state index >= 15 is 0 Å². The van der Waals surface area contributed by atoms with Crippen molar-refractivity contribution in [2.24, 2.45) is 0 Å². The van der Waals surface area contributed by atoms with E-state index in [1.54, 1.807) is 43.3 Å². The maximum absolute atomic E-state index is 13.2. The van der Waals surface area contributed by atoms with Gasteiger partial charge in [0.15, 0.2) is 11.5 Å². The highest BCUT2D eigenvalue weighted by atomic mass is 16.5. The number of benzene rings is 2. The molecule has 1 aromatic heterocycles. The number of hydrogen-bond acceptors (Lipinski definition) is 6. The SMILES string of the molecule is CCOC(=O)Cc1ccc(N2C(=O)C(O)=C(C(=O)c3ccco3)C2c2cccc(C)c2)cc1. The molecular weight excluding hydrogens is 422 g/mol. The molecule has 33 heavy (non-hydrogen) atoms. The van der Waals surface area contributed by atoms with Gasteiger partial charge in [-0.15, -0.1) is 0 Å². The molecule has 1 atom stereocenters. The number of hydrogen-bond donors (Lipinski definition) is 1. The molecule has 0 radical (unpaired) electrons. The molecule has 2 heterocycles. The predicted molar refractivity (Wildman–Crippen MR) is 121 cm³/mol. The Labute approximate surface area is 190 Å². The van der Waals surface area contributed by atoms with E-state index in [-0.39, 0.29) is 23.7 Å². The van der Waals surface area contributed by atoms with Crippen molar-refractivity contribution in [1.82, 2.24) is 0 Å². The van der Waals surface area contributed by atoms with Crippen LogP contribution in [0.5, 0.6) is 0 Å². The highest BCUT2D eigenvalue weighted by Crippen LogP contribution is 2.42. The van der Waals surface area contributed by atoms with Crippen molar-refractivity contribution in [2.45, 2.75) is 26.3 Å². The molecule has 1 aliphatic heterocycles. The Bertz CT molecular complexity index is 1220. The van der Waals surface area contributed by atoms with Gasteiger partial charge in [0.25, 0.3) is 5.91 Å². The van der Waals surface area contributed by atoms with Gasteiger partial charge in [-0.2, -0.15) is 0 Å². The lowest BCUT2D eigenvalue weighted by molar-refractivity contribution is -0.142. The summed E-state index contributed by atoms with van der Waals surface area (Å²) in [4.78, 5) is 39.5. The minimum atomic E-state index is -0.842. The second-order valence-corrected chi connectivity index (χ2v) is 7.71. The zero-order valence-electron chi connectivity index (χ0n) is 18.3. The molecule has 7 heteroatoms. The second-order valence-electron chi connectivity index (χ2n) is 7.71. The summed E-state index contributed by atoms with van der Waals surface area (Å²) >= 11 is 0. The van der Waals surface area contributed by atoms with Gasteiger partial charge in [0.05, 0.1) is 30.9 Å². The van der Waals surface area contributed by atoms with E-state index in [0.29, 0.717) is 17.9 Å². The monoisotopic (exact) mass is 445 g/mol. The predicted octanol–water partition coefficient (Wildman–Crippen LogP) is 4.48. The summed E-state index contributed by atoms with van der Waals surface area (Å²) in [6.07, 6.45) is 1.47. The molecule has 0 spiro atoms. The van der Waals surface area contributed by atoms with Crippen LogP contribution >= 0.6 is 0 Å². The summed E-state index contributed by atoms with van der Waals surface area (Å²) < 4.78 is 10.2. The minimum Gasteiger partial charge on any atom is -0.503 e. The summed E-state index contributed by atoms with van der Waals surface area (Å²) in [6, 6.07) is 16.4. The number of carbonyl (C=O) groups excluding carboxylic acids is 3. The van der Waals surface area contributed by atoms with Crippen LogP contribution in [0.2, 0.25) is 0 Å². The summed E-state index contributed by atoms with van der Waals surface area (Å²) in [6.45, 7) is 3.95. The molecule has 1 amide bonds. The van der Waals surface area contributed by atoms with Crippen molar-refractivity contribution >= 4 is 23.3 Å². The number of aliphatic hydroxyl groups is 1. The third-order valence-electron chi connectivity index (χ3n) is 5.42. The standard InChI is InChI=1S/C26H23NO6/c1-3-32-21(28)15-17-9-11-19(12-10-17)27-23(18-7-4-6-16(2)14-18)22(25(30)26(27)31)24(29)20-8-5-13-33-20/h4-14,23,30H,3,15H2,1-2H3. The number of ketones is 1. The van der Waals surface area contributed by atoms with Crippen LogP contribution in [0.1, 0.15) is 40.2 Å². The average molecular weight is 445 g/mol. The number of esters is 1. The quantitative estimate of drug-likeness (QED) is 0.426. The van der Waals surface area contributed by atoms with Gasteiger partial charge in [0, 0.05) is 5.69 Å². The van der Waals surface area contributed by atoms with E-state index in [9.17, 15) is 19.5 Å². The van der Waals surface area contributed by atoms with Crippen molar-refractivity contribution in [3.63, 3.8) is 0 Å². The molecule has 2 aromatic carbocycles. The van der Waals surface area contributed by atoms with E-state index in [2.05, 4.69) is 0 Å². The first-order valence-electron chi connectivity index (χ1n) is 10.6. The normalized spacial score (nSPS) is 15.8. The Kier molecular flexibility index (Phi) is 6.13. The zero-order chi connectivity index (χ0) is 23.5. The number of nitrogens with zero attached hydrogens (tertiary/aromatic N) is 1. The van der Waals surface area contributed by atoms with E-state index < -0.39 is 23.5 Å². The third-order valence-corrected chi connectivity index (χ3v) is 5.42. The van der Waals surface area contributed by atoms with Crippen molar-refractivity contribution in [1.29, 1.82) is 0 Å². The number of aliphatic hydroxyl groups excluding tert-OH is 1. The number of ether oxygens (including phenoxy) is 1. The fourth-order valence-corrected chi connectivity index (χ4v) is 3.95. The molecule has 0 fully saturated rings. The molecule has 0 saturated carbocycles. The molecule has 0 bridgehead atoms. The second kappa shape index (κ2) is 9.16. The maximum atomic E-state index is 13.2. The summed E-state index contributed by atoms with van der Waals surface area (Å²) in [5, 5.41) is 10.8. The van der Waals surface area contributed by atoms with Crippen molar-refractivity contribution in [2.75, 3.05) is 11.5 Å². The third kappa shape index (κ3) is 4.30. The Morgan fingerprint density at radius 3 is 2.48 bits per heavy atom. The number of anilines is 1. The first-order valence-corrected chi connectivity index (χ1v) is 10.6. The molecule has 1 aliphatic rings. The van der Waals surface area contributed by atoms with Crippen LogP contribution in [-0.4, -0.2) is 29.4 Å². The molecule has 4 rings (SSSR count). The molecule has 1 unspecified atom stereocenters. The van der Waals surface area contributed by atoms with Crippen LogP contribution in [0.25, 0.3) is 0 Å². The van der Waals surface area contributed by atoms with E-state index in [0.717, 1.165) is 11.1 Å². The minimum absolute atomic E-state index is 0.0358. The van der Waals surface area contributed by atoms with Crippen LogP contribution in [0.4, 0.5) is 5.69 Å². The van der Waals surface area contributed by atoms with E-state index in [4.69, 9.17) is 9.15 Å². The average Bonchev–Trinajstić information content (AvgIpc) is 3.42. The number of Topliss-reactive ketones (excluding diaryl/α,β-unsaturated/α-hetero) is 1. The van der Waals surface area contributed by atoms with E-state index in [1.165, 1.54) is 17.2 Å². The summed E-state index contributed by atoms with van der Waals surface area (Å²) in [5.74, 6) is -2.16. The Hall–Kier alpha value is -4.13. The molecular formula is C26H23NO6.